The number of nitrogens with zero attached hydrogens (tertiary/aromatic N) is 4. The van der Waals surface area contributed by atoms with E-state index in [0.717, 1.165) is 37.7 Å². The first-order valence-electron chi connectivity index (χ1n) is 8.53. The summed E-state index contributed by atoms with van der Waals surface area (Å²) in [5, 5.41) is 12.5. The number of carbonyl (C=O) groups is 1. The molecular formula is C19H20ClN5O. The van der Waals surface area contributed by atoms with Crippen molar-refractivity contribution in [2.24, 2.45) is 0 Å². The van der Waals surface area contributed by atoms with Gasteiger partial charge in [-0.1, -0.05) is 17.7 Å². The number of piperazine rings is 1. The molecule has 134 valence electrons. The number of amides is 1. The van der Waals surface area contributed by atoms with Gasteiger partial charge in [0.25, 0.3) is 0 Å². The topological polar surface area (TPSA) is 72.3 Å². The summed E-state index contributed by atoms with van der Waals surface area (Å²) in [5.74, 6) is 0.820. The molecule has 6 nitrogen and oxygen atoms in total. The van der Waals surface area contributed by atoms with Crippen molar-refractivity contribution in [3.05, 3.63) is 53.2 Å². The predicted octanol–water partition coefficient (Wildman–Crippen LogP) is 2.76. The molecule has 0 unspecified atom stereocenters. The number of halogens is 1. The first kappa shape index (κ1) is 18.2. The molecule has 2 aromatic rings. The lowest BCUT2D eigenvalue weighted by Gasteiger charge is -2.35. The summed E-state index contributed by atoms with van der Waals surface area (Å²) in [4.78, 5) is 20.9. The van der Waals surface area contributed by atoms with Gasteiger partial charge in [0.15, 0.2) is 0 Å². The van der Waals surface area contributed by atoms with Crippen LogP contribution >= 0.6 is 11.6 Å². The standard InChI is InChI=1S/C19H20ClN5O/c20-16-2-1-3-17(13-16)23-19(26)5-7-24-8-10-25(11-9-24)18-12-15(14-21)4-6-22-18/h1-4,6,12-13H,5,7-11H2,(H,23,26). The van der Waals surface area contributed by atoms with Gasteiger partial charge in [0, 0.05) is 56.1 Å². The Morgan fingerprint density at radius 3 is 2.77 bits per heavy atom. The molecule has 2 heterocycles. The molecule has 1 N–H and O–H groups in total. The molecule has 26 heavy (non-hydrogen) atoms. The Balaban J connectivity index is 1.44. The molecule has 0 atom stereocenters. The predicted molar refractivity (Wildman–Crippen MR) is 102 cm³/mol. The van der Waals surface area contributed by atoms with Crippen LogP contribution in [-0.4, -0.2) is 48.5 Å². The molecule has 1 aromatic carbocycles. The minimum atomic E-state index is -0.0157. The number of benzene rings is 1. The quantitative estimate of drug-likeness (QED) is 0.877. The van der Waals surface area contributed by atoms with E-state index in [4.69, 9.17) is 16.9 Å². The van der Waals surface area contributed by atoms with Crippen molar-refractivity contribution in [2.75, 3.05) is 42.9 Å². The fraction of sp³-hybridized carbons (Fsp3) is 0.316. The molecule has 1 aliphatic heterocycles. The SMILES string of the molecule is N#Cc1ccnc(N2CCN(CCC(=O)Nc3cccc(Cl)c3)CC2)c1. The van der Waals surface area contributed by atoms with E-state index in [1.165, 1.54) is 0 Å². The van der Waals surface area contributed by atoms with Crippen molar-refractivity contribution in [2.45, 2.75) is 6.42 Å². The molecule has 1 amide bonds. The number of anilines is 2. The zero-order valence-corrected chi connectivity index (χ0v) is 15.1. The maximum Gasteiger partial charge on any atom is 0.225 e. The summed E-state index contributed by atoms with van der Waals surface area (Å²) < 4.78 is 0. The second-order valence-electron chi connectivity index (χ2n) is 6.15. The largest absolute Gasteiger partial charge is 0.354 e. The van der Waals surface area contributed by atoms with Crippen molar-refractivity contribution in [3.8, 4) is 6.07 Å². The molecule has 1 fully saturated rings. The molecule has 1 aromatic heterocycles. The zero-order chi connectivity index (χ0) is 18.4. The Kier molecular flexibility index (Phi) is 6.05. The normalized spacial score (nSPS) is 14.7. The number of rotatable bonds is 5. The summed E-state index contributed by atoms with van der Waals surface area (Å²) in [5.41, 5.74) is 1.34. The molecule has 0 radical (unpaired) electrons. The minimum absolute atomic E-state index is 0.0157. The fourth-order valence-corrected chi connectivity index (χ4v) is 3.10. The van der Waals surface area contributed by atoms with Crippen molar-refractivity contribution in [1.82, 2.24) is 9.88 Å². The fourth-order valence-electron chi connectivity index (χ4n) is 2.91. The molecule has 0 saturated carbocycles. The lowest BCUT2D eigenvalue weighted by atomic mass is 10.2. The molecule has 0 aliphatic carbocycles. The van der Waals surface area contributed by atoms with E-state index in [-0.39, 0.29) is 5.91 Å². The second-order valence-corrected chi connectivity index (χ2v) is 6.59. The molecule has 0 bridgehead atoms. The van der Waals surface area contributed by atoms with Crippen LogP contribution in [0.4, 0.5) is 11.5 Å². The van der Waals surface area contributed by atoms with E-state index >= 15 is 0 Å². The van der Waals surface area contributed by atoms with Crippen molar-refractivity contribution in [3.63, 3.8) is 0 Å². The third kappa shape index (κ3) is 4.94. The number of hydrogen-bond acceptors (Lipinski definition) is 5. The highest BCUT2D eigenvalue weighted by Crippen LogP contribution is 2.16. The number of pyridine rings is 1. The summed E-state index contributed by atoms with van der Waals surface area (Å²) in [6, 6.07) is 12.8. The van der Waals surface area contributed by atoms with Gasteiger partial charge in [0.2, 0.25) is 5.91 Å². The first-order valence-corrected chi connectivity index (χ1v) is 8.91. The van der Waals surface area contributed by atoms with Gasteiger partial charge in [0.05, 0.1) is 11.6 Å². The molecule has 1 saturated heterocycles. The van der Waals surface area contributed by atoms with E-state index in [9.17, 15) is 4.79 Å². The first-order chi connectivity index (χ1) is 12.6. The Labute approximate surface area is 158 Å². The average Bonchev–Trinajstić information content (AvgIpc) is 2.67. The smallest absolute Gasteiger partial charge is 0.225 e. The maximum absolute atomic E-state index is 12.1. The van der Waals surface area contributed by atoms with Crippen molar-refractivity contribution in [1.29, 1.82) is 5.26 Å². The van der Waals surface area contributed by atoms with Gasteiger partial charge in [-0.05, 0) is 30.3 Å². The Morgan fingerprint density at radius 1 is 1.23 bits per heavy atom. The Hall–Kier alpha value is -2.62. The summed E-state index contributed by atoms with van der Waals surface area (Å²) in [6.07, 6.45) is 2.11. The maximum atomic E-state index is 12.1. The lowest BCUT2D eigenvalue weighted by molar-refractivity contribution is -0.116. The van der Waals surface area contributed by atoms with Crippen LogP contribution in [0, 0.1) is 11.3 Å². The van der Waals surface area contributed by atoms with Crippen LogP contribution in [0.2, 0.25) is 5.02 Å². The summed E-state index contributed by atoms with van der Waals surface area (Å²) in [6.45, 7) is 4.10. The molecule has 3 rings (SSSR count). The van der Waals surface area contributed by atoms with Crippen LogP contribution in [0.25, 0.3) is 0 Å². The third-order valence-electron chi connectivity index (χ3n) is 4.33. The number of hydrogen-bond donors (Lipinski definition) is 1. The Bertz CT molecular complexity index is 812. The van der Waals surface area contributed by atoms with Crippen LogP contribution in [-0.2, 0) is 4.79 Å². The van der Waals surface area contributed by atoms with Gasteiger partial charge >= 0.3 is 0 Å². The van der Waals surface area contributed by atoms with Crippen LogP contribution in [0.15, 0.2) is 42.6 Å². The van der Waals surface area contributed by atoms with Gasteiger partial charge in [-0.2, -0.15) is 5.26 Å². The zero-order valence-electron chi connectivity index (χ0n) is 14.4. The number of nitrogens with one attached hydrogen (secondary N) is 1. The van der Waals surface area contributed by atoms with Crippen LogP contribution < -0.4 is 10.2 Å². The van der Waals surface area contributed by atoms with E-state index in [1.807, 2.05) is 18.2 Å². The molecule has 1 aliphatic rings. The third-order valence-corrected chi connectivity index (χ3v) is 4.57. The summed E-state index contributed by atoms with van der Waals surface area (Å²) in [7, 11) is 0. The highest BCUT2D eigenvalue weighted by Gasteiger charge is 2.18. The van der Waals surface area contributed by atoms with Crippen LogP contribution in [0.1, 0.15) is 12.0 Å². The number of aromatic nitrogens is 1. The van der Waals surface area contributed by atoms with Gasteiger partial charge in [-0.15, -0.1) is 0 Å². The van der Waals surface area contributed by atoms with Gasteiger partial charge < -0.3 is 10.2 Å². The van der Waals surface area contributed by atoms with Gasteiger partial charge in [0.1, 0.15) is 5.82 Å². The van der Waals surface area contributed by atoms with E-state index in [2.05, 4.69) is 26.2 Å². The van der Waals surface area contributed by atoms with Gasteiger partial charge in [-0.3, -0.25) is 9.69 Å². The van der Waals surface area contributed by atoms with Crippen molar-refractivity contribution < 1.29 is 4.79 Å². The second kappa shape index (κ2) is 8.65. The number of nitriles is 1. The number of carbonyl (C=O) groups excluding carboxylic acids is 1. The minimum Gasteiger partial charge on any atom is -0.354 e. The van der Waals surface area contributed by atoms with Crippen molar-refractivity contribution >= 4 is 29.0 Å². The average molecular weight is 370 g/mol. The van der Waals surface area contributed by atoms with Gasteiger partial charge in [-0.25, -0.2) is 4.98 Å². The highest BCUT2D eigenvalue weighted by atomic mass is 35.5. The van der Waals surface area contributed by atoms with E-state index in [1.54, 1.807) is 24.4 Å². The molecular weight excluding hydrogens is 350 g/mol. The highest BCUT2D eigenvalue weighted by molar-refractivity contribution is 6.30. The van der Waals surface area contributed by atoms with E-state index in [0.29, 0.717) is 23.6 Å². The molecule has 0 spiro atoms. The van der Waals surface area contributed by atoms with Crippen LogP contribution in [0.5, 0.6) is 0 Å². The lowest BCUT2D eigenvalue weighted by Crippen LogP contribution is -2.47. The Morgan fingerprint density at radius 2 is 2.04 bits per heavy atom. The van der Waals surface area contributed by atoms with E-state index < -0.39 is 0 Å². The van der Waals surface area contributed by atoms with Crippen LogP contribution in [0.3, 0.4) is 0 Å². The monoisotopic (exact) mass is 369 g/mol. The summed E-state index contributed by atoms with van der Waals surface area (Å²) >= 11 is 5.92. The molecule has 7 heteroatoms.